The van der Waals surface area contributed by atoms with Gasteiger partial charge in [0.15, 0.2) is 5.78 Å². The maximum absolute atomic E-state index is 12.2. The Balaban J connectivity index is 2.31. The van der Waals surface area contributed by atoms with E-state index >= 15 is 0 Å². The number of Topliss-reactive ketones (excluding diaryl/α,β-unsaturated/α-hetero) is 1. The molecule has 0 saturated carbocycles. The molecule has 0 fully saturated rings. The SMILES string of the molecule is COc1ccccc1/C=C(\C)C(=O)c1ccccc1. The highest BCUT2D eigenvalue weighted by molar-refractivity contribution is 6.10. The van der Waals surface area contributed by atoms with Crippen LogP contribution < -0.4 is 4.74 Å². The van der Waals surface area contributed by atoms with Crippen LogP contribution in [0.15, 0.2) is 60.2 Å². The van der Waals surface area contributed by atoms with E-state index in [1.807, 2.05) is 67.6 Å². The molecule has 0 bridgehead atoms. The monoisotopic (exact) mass is 252 g/mol. The molecule has 2 aromatic carbocycles. The van der Waals surface area contributed by atoms with Crippen molar-refractivity contribution in [2.75, 3.05) is 7.11 Å². The summed E-state index contributed by atoms with van der Waals surface area (Å²) in [6, 6.07) is 16.9. The number of hydrogen-bond acceptors (Lipinski definition) is 2. The molecule has 0 aromatic heterocycles. The third-order valence-corrected chi connectivity index (χ3v) is 2.91. The van der Waals surface area contributed by atoms with Crippen LogP contribution in [0.2, 0.25) is 0 Å². The zero-order valence-corrected chi connectivity index (χ0v) is 11.1. The molecule has 0 aliphatic carbocycles. The first-order valence-corrected chi connectivity index (χ1v) is 6.13. The number of allylic oxidation sites excluding steroid dienone is 1. The number of para-hydroxylation sites is 1. The largest absolute Gasteiger partial charge is 0.496 e. The summed E-state index contributed by atoms with van der Waals surface area (Å²) >= 11 is 0. The average Bonchev–Trinajstić information content (AvgIpc) is 2.48. The molecule has 0 amide bonds. The quantitative estimate of drug-likeness (QED) is 0.607. The van der Waals surface area contributed by atoms with Crippen LogP contribution >= 0.6 is 0 Å². The molecule has 0 saturated heterocycles. The minimum atomic E-state index is 0.0338. The summed E-state index contributed by atoms with van der Waals surface area (Å²) in [5.74, 6) is 0.800. The molecule has 0 heterocycles. The van der Waals surface area contributed by atoms with Crippen molar-refractivity contribution in [3.05, 3.63) is 71.3 Å². The lowest BCUT2D eigenvalue weighted by Crippen LogP contribution is -2.00. The van der Waals surface area contributed by atoms with Gasteiger partial charge in [-0.1, -0.05) is 48.5 Å². The van der Waals surface area contributed by atoms with Crippen LogP contribution in [0.3, 0.4) is 0 Å². The molecule has 0 radical (unpaired) electrons. The van der Waals surface area contributed by atoms with Gasteiger partial charge in [-0.25, -0.2) is 0 Å². The third-order valence-electron chi connectivity index (χ3n) is 2.91. The van der Waals surface area contributed by atoms with E-state index in [1.165, 1.54) is 0 Å². The Hall–Kier alpha value is -2.35. The van der Waals surface area contributed by atoms with Crippen molar-refractivity contribution in [2.45, 2.75) is 6.92 Å². The van der Waals surface area contributed by atoms with E-state index in [-0.39, 0.29) is 5.78 Å². The second-order valence-electron chi connectivity index (χ2n) is 4.26. The van der Waals surface area contributed by atoms with E-state index in [1.54, 1.807) is 7.11 Å². The van der Waals surface area contributed by atoms with E-state index < -0.39 is 0 Å². The van der Waals surface area contributed by atoms with Crippen molar-refractivity contribution < 1.29 is 9.53 Å². The summed E-state index contributed by atoms with van der Waals surface area (Å²) in [6.07, 6.45) is 1.86. The van der Waals surface area contributed by atoms with Crippen molar-refractivity contribution in [3.63, 3.8) is 0 Å². The first-order chi connectivity index (χ1) is 9.22. The molecule has 2 aromatic rings. The number of carbonyl (C=O) groups is 1. The second-order valence-corrected chi connectivity index (χ2v) is 4.26. The molecule has 19 heavy (non-hydrogen) atoms. The molecule has 2 heteroatoms. The summed E-state index contributed by atoms with van der Waals surface area (Å²) < 4.78 is 5.28. The molecule has 0 aliphatic heterocycles. The van der Waals surface area contributed by atoms with E-state index in [4.69, 9.17) is 4.74 Å². The zero-order valence-electron chi connectivity index (χ0n) is 11.1. The fourth-order valence-electron chi connectivity index (χ4n) is 1.90. The molecule has 0 atom stereocenters. The fraction of sp³-hybridized carbons (Fsp3) is 0.118. The Morgan fingerprint density at radius 3 is 2.32 bits per heavy atom. The number of methoxy groups -OCH3 is 1. The van der Waals surface area contributed by atoms with Crippen molar-refractivity contribution in [1.29, 1.82) is 0 Å². The minimum Gasteiger partial charge on any atom is -0.496 e. The molecule has 2 nitrogen and oxygen atoms in total. The van der Waals surface area contributed by atoms with Gasteiger partial charge in [0, 0.05) is 11.1 Å². The minimum absolute atomic E-state index is 0.0338. The highest BCUT2D eigenvalue weighted by atomic mass is 16.5. The number of rotatable bonds is 4. The summed E-state index contributed by atoms with van der Waals surface area (Å²) in [5, 5.41) is 0. The molecular formula is C17H16O2. The van der Waals surface area contributed by atoms with Crippen LogP contribution in [0, 0.1) is 0 Å². The number of ether oxygens (including phenoxy) is 1. The fourth-order valence-corrected chi connectivity index (χ4v) is 1.90. The van der Waals surface area contributed by atoms with E-state index in [0.29, 0.717) is 11.1 Å². The summed E-state index contributed by atoms with van der Waals surface area (Å²) in [6.45, 7) is 1.82. The van der Waals surface area contributed by atoms with Crippen LogP contribution in [0.4, 0.5) is 0 Å². The van der Waals surface area contributed by atoms with Crippen molar-refractivity contribution in [1.82, 2.24) is 0 Å². The van der Waals surface area contributed by atoms with Crippen LogP contribution in [-0.4, -0.2) is 12.9 Å². The Labute approximate surface area is 113 Å². The van der Waals surface area contributed by atoms with Crippen molar-refractivity contribution in [2.24, 2.45) is 0 Å². The summed E-state index contributed by atoms with van der Waals surface area (Å²) in [7, 11) is 1.63. The molecule has 0 spiro atoms. The maximum Gasteiger partial charge on any atom is 0.188 e. The van der Waals surface area contributed by atoms with E-state index in [0.717, 1.165) is 11.3 Å². The zero-order chi connectivity index (χ0) is 13.7. The van der Waals surface area contributed by atoms with Crippen molar-refractivity contribution >= 4 is 11.9 Å². The van der Waals surface area contributed by atoms with Crippen LogP contribution in [0.25, 0.3) is 6.08 Å². The smallest absolute Gasteiger partial charge is 0.188 e. The Morgan fingerprint density at radius 2 is 1.63 bits per heavy atom. The van der Waals surface area contributed by atoms with Gasteiger partial charge in [0.1, 0.15) is 5.75 Å². The lowest BCUT2D eigenvalue weighted by Gasteiger charge is -2.06. The highest BCUT2D eigenvalue weighted by Gasteiger charge is 2.08. The third kappa shape index (κ3) is 3.10. The first kappa shape index (κ1) is 13.1. The number of carbonyl (C=O) groups excluding carboxylic acids is 1. The van der Waals surface area contributed by atoms with Gasteiger partial charge in [0.25, 0.3) is 0 Å². The number of ketones is 1. The Morgan fingerprint density at radius 1 is 1.00 bits per heavy atom. The molecule has 0 N–H and O–H groups in total. The molecule has 0 aliphatic rings. The summed E-state index contributed by atoms with van der Waals surface area (Å²) in [4.78, 5) is 12.2. The average molecular weight is 252 g/mol. The predicted octanol–water partition coefficient (Wildman–Crippen LogP) is 3.98. The van der Waals surface area contributed by atoms with Crippen LogP contribution in [-0.2, 0) is 0 Å². The number of benzene rings is 2. The van der Waals surface area contributed by atoms with Gasteiger partial charge in [0.2, 0.25) is 0 Å². The first-order valence-electron chi connectivity index (χ1n) is 6.13. The van der Waals surface area contributed by atoms with Gasteiger partial charge in [-0.15, -0.1) is 0 Å². The Bertz CT molecular complexity index is 598. The van der Waals surface area contributed by atoms with E-state index in [2.05, 4.69) is 0 Å². The standard InChI is InChI=1S/C17H16O2/c1-13(17(18)14-8-4-3-5-9-14)12-15-10-6-7-11-16(15)19-2/h3-12H,1-2H3/b13-12+. The normalized spacial score (nSPS) is 11.2. The Kier molecular flexibility index (Phi) is 4.14. The van der Waals surface area contributed by atoms with Gasteiger partial charge >= 0.3 is 0 Å². The molecule has 0 unspecified atom stereocenters. The molecule has 2 rings (SSSR count). The van der Waals surface area contributed by atoms with Gasteiger partial charge in [-0.3, -0.25) is 4.79 Å². The van der Waals surface area contributed by atoms with Crippen molar-refractivity contribution in [3.8, 4) is 5.75 Å². The topological polar surface area (TPSA) is 26.3 Å². The maximum atomic E-state index is 12.2. The number of hydrogen-bond donors (Lipinski definition) is 0. The molecule has 96 valence electrons. The second kappa shape index (κ2) is 6.01. The lowest BCUT2D eigenvalue weighted by atomic mass is 10.0. The van der Waals surface area contributed by atoms with Gasteiger partial charge in [-0.05, 0) is 24.6 Å². The van der Waals surface area contributed by atoms with Gasteiger partial charge in [-0.2, -0.15) is 0 Å². The summed E-state index contributed by atoms with van der Waals surface area (Å²) in [5.41, 5.74) is 2.30. The predicted molar refractivity (Wildman–Crippen MR) is 77.4 cm³/mol. The van der Waals surface area contributed by atoms with Gasteiger partial charge in [0.05, 0.1) is 7.11 Å². The van der Waals surface area contributed by atoms with Crippen LogP contribution in [0.5, 0.6) is 5.75 Å². The van der Waals surface area contributed by atoms with Crippen LogP contribution in [0.1, 0.15) is 22.8 Å². The van der Waals surface area contributed by atoms with Gasteiger partial charge < -0.3 is 4.74 Å². The lowest BCUT2D eigenvalue weighted by molar-refractivity contribution is 0.103. The highest BCUT2D eigenvalue weighted by Crippen LogP contribution is 2.21. The molecular weight excluding hydrogens is 236 g/mol. The van der Waals surface area contributed by atoms with E-state index in [9.17, 15) is 4.79 Å².